The lowest BCUT2D eigenvalue weighted by molar-refractivity contribution is -0.680. The molecule has 1 heterocycles. The van der Waals surface area contributed by atoms with Crippen molar-refractivity contribution in [2.45, 2.75) is 19.6 Å². The van der Waals surface area contributed by atoms with Gasteiger partial charge in [-0.3, -0.25) is 4.79 Å². The summed E-state index contributed by atoms with van der Waals surface area (Å²) in [6.45, 7) is 6.24. The number of nitrogens with one attached hydrogen (secondary N) is 1. The van der Waals surface area contributed by atoms with E-state index in [1.54, 1.807) is 6.20 Å². The van der Waals surface area contributed by atoms with Crippen LogP contribution in [-0.4, -0.2) is 10.5 Å². The molecule has 0 unspecified atom stereocenters. The van der Waals surface area contributed by atoms with Crippen molar-refractivity contribution in [3.05, 3.63) is 97.3 Å². The van der Waals surface area contributed by atoms with Gasteiger partial charge >= 0.3 is 0 Å². The molecule has 1 N–H and O–H groups in total. The van der Waals surface area contributed by atoms with Crippen molar-refractivity contribution in [3.8, 4) is 5.75 Å². The minimum atomic E-state index is -0.384. The number of benzene rings is 3. The maximum atomic E-state index is 12.9. The van der Waals surface area contributed by atoms with Gasteiger partial charge in [-0.15, -0.1) is 0 Å². The van der Waals surface area contributed by atoms with Crippen molar-refractivity contribution in [2.75, 3.05) is 5.32 Å². The number of fused-ring (bicyclic) bond motifs is 1. The fourth-order valence-corrected chi connectivity index (χ4v) is 3.36. The van der Waals surface area contributed by atoms with E-state index < -0.39 is 0 Å². The summed E-state index contributed by atoms with van der Waals surface area (Å²) >= 11 is 0. The second-order valence-corrected chi connectivity index (χ2v) is 7.07. The molecule has 0 bridgehead atoms. The largest absolute Gasteiger partial charge is 0.489 e. The van der Waals surface area contributed by atoms with Crippen molar-refractivity contribution in [1.29, 1.82) is 0 Å². The SMILES string of the molecule is C=Cn1c[n+]([C@H](C)C(=O)Nc2ccc(OCc3ccccc3)cc2)c2ccccc21. The summed E-state index contributed by atoms with van der Waals surface area (Å²) in [6.07, 6.45) is 3.63. The van der Waals surface area contributed by atoms with Gasteiger partial charge in [-0.05, 0) is 48.9 Å². The number of aromatic nitrogens is 2. The van der Waals surface area contributed by atoms with E-state index in [0.29, 0.717) is 6.61 Å². The molecule has 4 rings (SSSR count). The van der Waals surface area contributed by atoms with Crippen molar-refractivity contribution in [3.63, 3.8) is 0 Å². The standard InChI is InChI=1S/C25H23N3O2/c1-3-27-18-28(24-12-8-7-11-23(24)27)19(2)25(29)26-21-13-15-22(16-14-21)30-17-20-9-5-4-6-10-20/h3-16,18-19H,1,17H2,2H3/p+1/t19-/m1/s1. The fourth-order valence-electron chi connectivity index (χ4n) is 3.36. The van der Waals surface area contributed by atoms with Crippen LogP contribution in [0.5, 0.6) is 5.75 Å². The Balaban J connectivity index is 1.43. The first-order valence-corrected chi connectivity index (χ1v) is 9.86. The Kier molecular flexibility index (Phi) is 5.61. The number of para-hydroxylation sites is 2. The minimum Gasteiger partial charge on any atom is -0.489 e. The van der Waals surface area contributed by atoms with Crippen molar-refractivity contribution in [1.82, 2.24) is 4.57 Å². The number of amides is 1. The van der Waals surface area contributed by atoms with E-state index in [9.17, 15) is 4.79 Å². The van der Waals surface area contributed by atoms with Crippen molar-refractivity contribution < 1.29 is 14.1 Å². The molecule has 0 fully saturated rings. The number of imidazole rings is 1. The molecule has 5 heteroatoms. The molecule has 3 aromatic carbocycles. The van der Waals surface area contributed by atoms with Crippen LogP contribution in [-0.2, 0) is 11.4 Å². The number of hydrogen-bond donors (Lipinski definition) is 1. The van der Waals surface area contributed by atoms with Crippen LogP contribution in [0.4, 0.5) is 5.69 Å². The van der Waals surface area contributed by atoms with Gasteiger partial charge in [0.15, 0.2) is 17.1 Å². The first kappa shape index (κ1) is 19.5. The van der Waals surface area contributed by atoms with E-state index in [2.05, 4.69) is 11.9 Å². The third kappa shape index (κ3) is 4.10. The van der Waals surface area contributed by atoms with Crippen LogP contribution in [0.1, 0.15) is 18.5 Å². The lowest BCUT2D eigenvalue weighted by atomic mass is 10.2. The number of carbonyl (C=O) groups is 1. The predicted molar refractivity (Wildman–Crippen MR) is 119 cm³/mol. The number of hydrogen-bond acceptors (Lipinski definition) is 2. The van der Waals surface area contributed by atoms with Gasteiger partial charge in [-0.2, -0.15) is 0 Å². The lowest BCUT2D eigenvalue weighted by Crippen LogP contribution is -2.43. The molecule has 30 heavy (non-hydrogen) atoms. The van der Waals surface area contributed by atoms with Crippen LogP contribution >= 0.6 is 0 Å². The van der Waals surface area contributed by atoms with Crippen LogP contribution in [0.25, 0.3) is 17.2 Å². The Labute approximate surface area is 175 Å². The molecule has 1 amide bonds. The van der Waals surface area contributed by atoms with Gasteiger partial charge in [0.05, 0.1) is 6.20 Å². The third-order valence-electron chi connectivity index (χ3n) is 5.05. The second kappa shape index (κ2) is 8.66. The van der Waals surface area contributed by atoms with Crippen LogP contribution in [0, 0.1) is 0 Å². The summed E-state index contributed by atoms with van der Waals surface area (Å²) in [6, 6.07) is 25.0. The van der Waals surface area contributed by atoms with E-state index in [-0.39, 0.29) is 11.9 Å². The molecular weight excluding hydrogens is 374 g/mol. The molecule has 1 aromatic heterocycles. The molecule has 0 saturated carbocycles. The number of ether oxygens (including phenoxy) is 1. The molecule has 150 valence electrons. The van der Waals surface area contributed by atoms with E-state index in [1.165, 1.54) is 0 Å². The highest BCUT2D eigenvalue weighted by Crippen LogP contribution is 2.19. The Morgan fingerprint density at radius 1 is 1.07 bits per heavy atom. The second-order valence-electron chi connectivity index (χ2n) is 7.07. The molecule has 0 radical (unpaired) electrons. The Morgan fingerprint density at radius 2 is 1.77 bits per heavy atom. The average molecular weight is 398 g/mol. The zero-order valence-electron chi connectivity index (χ0n) is 16.9. The Morgan fingerprint density at radius 3 is 2.50 bits per heavy atom. The van der Waals surface area contributed by atoms with Gasteiger partial charge in [-0.25, -0.2) is 9.13 Å². The first-order valence-electron chi connectivity index (χ1n) is 9.86. The maximum absolute atomic E-state index is 12.9. The van der Waals surface area contributed by atoms with Crippen LogP contribution in [0.15, 0.2) is 91.8 Å². The number of anilines is 1. The summed E-state index contributed by atoms with van der Waals surface area (Å²) in [7, 11) is 0. The van der Waals surface area contributed by atoms with Crippen LogP contribution < -0.4 is 14.6 Å². The molecule has 1 atom stereocenters. The Bertz CT molecular complexity index is 1160. The molecule has 0 spiro atoms. The summed E-state index contributed by atoms with van der Waals surface area (Å²) in [5.74, 6) is 0.665. The summed E-state index contributed by atoms with van der Waals surface area (Å²) in [5, 5.41) is 2.98. The molecule has 0 aliphatic carbocycles. The van der Waals surface area contributed by atoms with E-state index in [4.69, 9.17) is 4.74 Å². The number of rotatable bonds is 7. The maximum Gasteiger partial charge on any atom is 0.269 e. The molecule has 0 saturated heterocycles. The highest BCUT2D eigenvalue weighted by atomic mass is 16.5. The highest BCUT2D eigenvalue weighted by molar-refractivity contribution is 5.92. The zero-order chi connectivity index (χ0) is 20.9. The monoisotopic (exact) mass is 398 g/mol. The van der Waals surface area contributed by atoms with E-state index in [1.807, 2.05) is 101 Å². The number of carbonyl (C=O) groups excluding carboxylic acids is 1. The first-order chi connectivity index (χ1) is 14.7. The van der Waals surface area contributed by atoms with Crippen LogP contribution in [0.3, 0.4) is 0 Å². The lowest BCUT2D eigenvalue weighted by Gasteiger charge is -2.11. The third-order valence-corrected chi connectivity index (χ3v) is 5.05. The van der Waals surface area contributed by atoms with E-state index >= 15 is 0 Å². The van der Waals surface area contributed by atoms with Crippen molar-refractivity contribution >= 4 is 28.8 Å². The highest BCUT2D eigenvalue weighted by Gasteiger charge is 2.24. The predicted octanol–water partition coefficient (Wildman–Crippen LogP) is 4.81. The van der Waals surface area contributed by atoms with Gasteiger partial charge in [0.2, 0.25) is 6.33 Å². The Hall–Kier alpha value is -3.86. The quantitative estimate of drug-likeness (QED) is 0.454. The van der Waals surface area contributed by atoms with E-state index in [0.717, 1.165) is 28.0 Å². The average Bonchev–Trinajstić information content (AvgIpc) is 3.17. The van der Waals surface area contributed by atoms with Crippen LogP contribution in [0.2, 0.25) is 0 Å². The molecule has 4 aromatic rings. The van der Waals surface area contributed by atoms with Gasteiger partial charge in [0.25, 0.3) is 5.91 Å². The van der Waals surface area contributed by atoms with Gasteiger partial charge in [0.1, 0.15) is 12.4 Å². The summed E-state index contributed by atoms with van der Waals surface area (Å²) < 4.78 is 9.67. The normalized spacial score (nSPS) is 11.8. The molecule has 5 nitrogen and oxygen atoms in total. The fraction of sp³-hybridized carbons (Fsp3) is 0.120. The molecule has 0 aliphatic heterocycles. The zero-order valence-corrected chi connectivity index (χ0v) is 16.9. The molecule has 0 aliphatic rings. The topological polar surface area (TPSA) is 47.1 Å². The number of nitrogens with zero attached hydrogens (tertiary/aromatic N) is 2. The minimum absolute atomic E-state index is 0.0927. The molecular formula is C25H24N3O2+. The van der Waals surface area contributed by atoms with Gasteiger partial charge in [0, 0.05) is 5.69 Å². The smallest absolute Gasteiger partial charge is 0.269 e. The summed E-state index contributed by atoms with van der Waals surface area (Å²) in [5.41, 5.74) is 3.82. The van der Waals surface area contributed by atoms with Gasteiger partial charge in [-0.1, -0.05) is 49.0 Å². The van der Waals surface area contributed by atoms with Crippen molar-refractivity contribution in [2.24, 2.45) is 0 Å². The van der Waals surface area contributed by atoms with Gasteiger partial charge < -0.3 is 10.1 Å². The summed E-state index contributed by atoms with van der Waals surface area (Å²) in [4.78, 5) is 12.9.